The number of pyridine rings is 1. The van der Waals surface area contributed by atoms with Crippen molar-refractivity contribution in [3.63, 3.8) is 0 Å². The smallest absolute Gasteiger partial charge is 0.335 e. The molecule has 1 aromatic carbocycles. The number of benzene rings is 1. The predicted molar refractivity (Wildman–Crippen MR) is 89.2 cm³/mol. The first-order chi connectivity index (χ1) is 12.0. The van der Waals surface area contributed by atoms with Crippen LogP contribution in [0.25, 0.3) is 0 Å². The van der Waals surface area contributed by atoms with E-state index in [9.17, 15) is 9.59 Å². The number of rotatable bonds is 5. The van der Waals surface area contributed by atoms with Crippen LogP contribution in [-0.2, 0) is 13.0 Å². The van der Waals surface area contributed by atoms with Gasteiger partial charge in [-0.05, 0) is 31.2 Å². The second kappa shape index (κ2) is 6.80. The maximum absolute atomic E-state index is 12.2. The Morgan fingerprint density at radius 2 is 2.20 bits per heavy atom. The Hall–Kier alpha value is -3.09. The monoisotopic (exact) mass is 342 g/mol. The Balaban J connectivity index is 1.75. The highest BCUT2D eigenvalue weighted by Crippen LogP contribution is 2.34. The van der Waals surface area contributed by atoms with Gasteiger partial charge in [-0.25, -0.2) is 4.79 Å². The molecule has 0 fully saturated rings. The van der Waals surface area contributed by atoms with Crippen LogP contribution in [0.15, 0.2) is 30.5 Å². The second-order valence-corrected chi connectivity index (χ2v) is 5.82. The molecule has 130 valence electrons. The molecule has 0 bridgehead atoms. The number of carbonyl (C=O) groups is 2. The van der Waals surface area contributed by atoms with Crippen LogP contribution in [0.3, 0.4) is 0 Å². The number of hydrogen-bond acceptors (Lipinski definition) is 5. The predicted octanol–water partition coefficient (Wildman–Crippen LogP) is 2.04. The molecule has 2 N–H and O–H groups in total. The van der Waals surface area contributed by atoms with Crippen LogP contribution < -0.4 is 14.8 Å². The third-order valence-electron chi connectivity index (χ3n) is 3.98. The van der Waals surface area contributed by atoms with Gasteiger partial charge in [-0.1, -0.05) is 0 Å². The van der Waals surface area contributed by atoms with Gasteiger partial charge in [0.25, 0.3) is 5.91 Å². The van der Waals surface area contributed by atoms with Crippen LogP contribution in [0.4, 0.5) is 0 Å². The number of methoxy groups -OCH3 is 1. The topological polar surface area (TPSA) is 97.8 Å². The van der Waals surface area contributed by atoms with E-state index >= 15 is 0 Å². The molecule has 25 heavy (non-hydrogen) atoms. The van der Waals surface area contributed by atoms with Crippen molar-refractivity contribution in [2.24, 2.45) is 0 Å². The van der Waals surface area contributed by atoms with Gasteiger partial charge >= 0.3 is 5.97 Å². The van der Waals surface area contributed by atoms with Gasteiger partial charge in [-0.3, -0.25) is 9.78 Å². The number of aromatic carboxylic acids is 1. The zero-order chi connectivity index (χ0) is 18.0. The number of carboxylic acid groups (broad SMARTS) is 1. The van der Waals surface area contributed by atoms with Crippen molar-refractivity contribution in [3.05, 3.63) is 52.8 Å². The van der Waals surface area contributed by atoms with Crippen molar-refractivity contribution in [1.29, 1.82) is 0 Å². The summed E-state index contributed by atoms with van der Waals surface area (Å²) < 4.78 is 11.1. The molecule has 1 aromatic heterocycles. The molecule has 3 rings (SSSR count). The van der Waals surface area contributed by atoms with Crippen LogP contribution in [0, 0.1) is 0 Å². The van der Waals surface area contributed by atoms with Crippen molar-refractivity contribution >= 4 is 11.9 Å². The number of fused-ring (bicyclic) bond motifs is 1. The van der Waals surface area contributed by atoms with Crippen molar-refractivity contribution in [2.45, 2.75) is 26.0 Å². The van der Waals surface area contributed by atoms with E-state index in [1.165, 1.54) is 18.3 Å². The first kappa shape index (κ1) is 16.8. The van der Waals surface area contributed by atoms with Gasteiger partial charge in [0.2, 0.25) is 0 Å². The van der Waals surface area contributed by atoms with Gasteiger partial charge in [0.15, 0.2) is 0 Å². The first-order valence-corrected chi connectivity index (χ1v) is 7.82. The highest BCUT2D eigenvalue weighted by atomic mass is 16.5. The number of amides is 1. The van der Waals surface area contributed by atoms with Gasteiger partial charge in [0.05, 0.1) is 12.7 Å². The van der Waals surface area contributed by atoms with E-state index < -0.39 is 11.9 Å². The van der Waals surface area contributed by atoms with Gasteiger partial charge in [-0.15, -0.1) is 0 Å². The van der Waals surface area contributed by atoms with E-state index in [0.29, 0.717) is 5.75 Å². The Bertz CT molecular complexity index is 834. The Morgan fingerprint density at radius 1 is 1.40 bits per heavy atom. The normalized spacial score (nSPS) is 15.2. The van der Waals surface area contributed by atoms with Crippen molar-refractivity contribution in [3.8, 4) is 11.5 Å². The third kappa shape index (κ3) is 3.55. The van der Waals surface area contributed by atoms with E-state index in [2.05, 4.69) is 10.3 Å². The molecule has 2 aromatic rings. The maximum atomic E-state index is 12.2. The number of carboxylic acids is 1. The molecule has 0 saturated heterocycles. The summed E-state index contributed by atoms with van der Waals surface area (Å²) in [5.41, 5.74) is 1.91. The quantitative estimate of drug-likeness (QED) is 0.863. The van der Waals surface area contributed by atoms with E-state index in [0.717, 1.165) is 23.3 Å². The molecule has 1 atom stereocenters. The average Bonchev–Trinajstić information content (AvgIpc) is 2.97. The summed E-state index contributed by atoms with van der Waals surface area (Å²) in [4.78, 5) is 27.1. The van der Waals surface area contributed by atoms with E-state index in [4.69, 9.17) is 14.6 Å². The molecule has 0 aliphatic carbocycles. The molecule has 0 saturated carbocycles. The fraction of sp³-hybridized carbons (Fsp3) is 0.278. The Morgan fingerprint density at radius 3 is 2.92 bits per heavy atom. The van der Waals surface area contributed by atoms with Crippen LogP contribution in [0.1, 0.15) is 38.9 Å². The lowest BCUT2D eigenvalue weighted by molar-refractivity contribution is 0.0696. The average molecular weight is 342 g/mol. The van der Waals surface area contributed by atoms with E-state index in [1.54, 1.807) is 7.11 Å². The minimum absolute atomic E-state index is 0.0117. The summed E-state index contributed by atoms with van der Waals surface area (Å²) in [6.07, 6.45) is 2.24. The van der Waals surface area contributed by atoms with E-state index in [-0.39, 0.29) is 23.9 Å². The zero-order valence-electron chi connectivity index (χ0n) is 13.9. The highest BCUT2D eigenvalue weighted by Gasteiger charge is 2.22. The number of nitrogens with one attached hydrogen (secondary N) is 1. The number of aromatic nitrogens is 1. The summed E-state index contributed by atoms with van der Waals surface area (Å²) in [6.45, 7) is 2.21. The molecule has 2 heterocycles. The minimum atomic E-state index is -1.11. The van der Waals surface area contributed by atoms with E-state index in [1.807, 2.05) is 19.1 Å². The minimum Gasteiger partial charge on any atom is -0.496 e. The molecule has 1 aliphatic rings. The van der Waals surface area contributed by atoms with Gasteiger partial charge in [0, 0.05) is 30.3 Å². The molecule has 0 radical (unpaired) electrons. The number of hydrogen-bond donors (Lipinski definition) is 2. The van der Waals surface area contributed by atoms with Crippen LogP contribution in [-0.4, -0.2) is 35.2 Å². The van der Waals surface area contributed by atoms with Crippen LogP contribution >= 0.6 is 0 Å². The molecule has 0 spiro atoms. The Labute approximate surface area is 144 Å². The lowest BCUT2D eigenvalue weighted by Crippen LogP contribution is -2.24. The van der Waals surface area contributed by atoms with Crippen molar-refractivity contribution < 1.29 is 24.2 Å². The summed E-state index contributed by atoms with van der Waals surface area (Å²) in [5.74, 6) is -0.101. The number of carbonyl (C=O) groups excluding carboxylic acids is 1. The molecular formula is C18H18N2O5. The molecule has 7 heteroatoms. The lowest BCUT2D eigenvalue weighted by Gasteiger charge is -2.12. The molecular weight excluding hydrogens is 324 g/mol. The number of ether oxygens (including phenoxy) is 2. The van der Waals surface area contributed by atoms with Gasteiger partial charge in [-0.2, -0.15) is 0 Å². The SMILES string of the molecule is COc1cc2c(cc1CNC(=O)c1cc(C(=O)O)ccn1)OC(C)C2. The van der Waals surface area contributed by atoms with Crippen molar-refractivity contribution in [2.75, 3.05) is 7.11 Å². The highest BCUT2D eigenvalue weighted by molar-refractivity contribution is 5.95. The Kier molecular flexibility index (Phi) is 4.56. The lowest BCUT2D eigenvalue weighted by atomic mass is 10.1. The maximum Gasteiger partial charge on any atom is 0.335 e. The zero-order valence-corrected chi connectivity index (χ0v) is 13.9. The molecule has 7 nitrogen and oxygen atoms in total. The fourth-order valence-corrected chi connectivity index (χ4v) is 2.76. The fourth-order valence-electron chi connectivity index (χ4n) is 2.76. The molecule has 1 aliphatic heterocycles. The summed E-state index contributed by atoms with van der Waals surface area (Å²) in [7, 11) is 1.57. The molecule has 1 unspecified atom stereocenters. The summed E-state index contributed by atoms with van der Waals surface area (Å²) in [6, 6.07) is 6.35. The van der Waals surface area contributed by atoms with Crippen molar-refractivity contribution in [1.82, 2.24) is 10.3 Å². The summed E-state index contributed by atoms with van der Waals surface area (Å²) in [5, 5.41) is 11.7. The van der Waals surface area contributed by atoms with Crippen LogP contribution in [0.5, 0.6) is 11.5 Å². The van der Waals surface area contributed by atoms with Gasteiger partial charge < -0.3 is 19.9 Å². The standard InChI is InChI=1S/C18H18N2O5/c1-10-5-12-7-15(24-2)13(8-16(12)25-10)9-20-17(21)14-6-11(18(22)23)3-4-19-14/h3-4,6-8,10H,5,9H2,1-2H3,(H,20,21)(H,22,23). The largest absolute Gasteiger partial charge is 0.496 e. The second-order valence-electron chi connectivity index (χ2n) is 5.82. The van der Waals surface area contributed by atoms with Gasteiger partial charge in [0.1, 0.15) is 23.3 Å². The third-order valence-corrected chi connectivity index (χ3v) is 3.98. The van der Waals surface area contributed by atoms with Crippen LogP contribution in [0.2, 0.25) is 0 Å². The first-order valence-electron chi connectivity index (χ1n) is 7.82. The summed E-state index contributed by atoms with van der Waals surface area (Å²) >= 11 is 0. The molecule has 1 amide bonds. The number of nitrogens with zero attached hydrogens (tertiary/aromatic N) is 1.